The maximum absolute atomic E-state index is 6.06. The van der Waals surface area contributed by atoms with Crippen LogP contribution in [-0.4, -0.2) is 24.3 Å². The molecule has 1 nitrogen and oxygen atoms in total. The monoisotopic (exact) mass is 273 g/mol. The second-order valence-corrected chi connectivity index (χ2v) is 6.38. The van der Waals surface area contributed by atoms with Crippen LogP contribution in [0.15, 0.2) is 23.1 Å². The molecule has 1 aliphatic heterocycles. The van der Waals surface area contributed by atoms with Crippen molar-refractivity contribution >= 4 is 35.1 Å². The van der Waals surface area contributed by atoms with Crippen LogP contribution in [0.1, 0.15) is 18.0 Å². The van der Waals surface area contributed by atoms with Crippen molar-refractivity contribution in [3.63, 3.8) is 0 Å². The minimum absolute atomic E-state index is 0.488. The van der Waals surface area contributed by atoms with Crippen molar-refractivity contribution in [2.24, 2.45) is 0 Å². The van der Waals surface area contributed by atoms with Crippen LogP contribution in [0.4, 0.5) is 0 Å². The summed E-state index contributed by atoms with van der Waals surface area (Å²) in [6, 6.07) is 6.73. The first-order chi connectivity index (χ1) is 7.81. The molecule has 1 atom stereocenters. The van der Waals surface area contributed by atoms with Crippen molar-refractivity contribution in [1.82, 2.24) is 5.32 Å². The molecule has 1 aromatic rings. The van der Waals surface area contributed by atoms with Gasteiger partial charge in [-0.15, -0.1) is 11.8 Å². The van der Waals surface area contributed by atoms with Gasteiger partial charge in [-0.3, -0.25) is 0 Å². The van der Waals surface area contributed by atoms with Gasteiger partial charge >= 0.3 is 0 Å². The van der Waals surface area contributed by atoms with Crippen LogP contribution in [0.25, 0.3) is 0 Å². The standard InChI is InChI=1S/C12H16ClNS2/c1-15-7-5-14-11-4-6-16-12-3-2-9(13)8-10(11)12/h2-3,8,11,14H,4-7H2,1H3. The number of rotatable bonds is 4. The number of halogens is 1. The Labute approximate surface area is 111 Å². The Morgan fingerprint density at radius 3 is 3.25 bits per heavy atom. The largest absolute Gasteiger partial charge is 0.309 e. The Morgan fingerprint density at radius 1 is 1.56 bits per heavy atom. The van der Waals surface area contributed by atoms with Gasteiger partial charge < -0.3 is 5.32 Å². The molecule has 0 spiro atoms. The third-order valence-corrected chi connectivity index (χ3v) is 4.68. The van der Waals surface area contributed by atoms with Gasteiger partial charge in [0.15, 0.2) is 0 Å². The van der Waals surface area contributed by atoms with Crippen molar-refractivity contribution < 1.29 is 0 Å². The van der Waals surface area contributed by atoms with E-state index in [9.17, 15) is 0 Å². The van der Waals surface area contributed by atoms with Crippen LogP contribution >= 0.6 is 35.1 Å². The predicted molar refractivity (Wildman–Crippen MR) is 75.9 cm³/mol. The van der Waals surface area contributed by atoms with E-state index >= 15 is 0 Å². The van der Waals surface area contributed by atoms with Crippen molar-refractivity contribution in [2.75, 3.05) is 24.3 Å². The molecule has 0 saturated heterocycles. The number of fused-ring (bicyclic) bond motifs is 1. The molecule has 16 heavy (non-hydrogen) atoms. The van der Waals surface area contributed by atoms with Gasteiger partial charge in [-0.1, -0.05) is 11.6 Å². The lowest BCUT2D eigenvalue weighted by Crippen LogP contribution is -2.26. The van der Waals surface area contributed by atoms with Gasteiger partial charge in [0.1, 0.15) is 0 Å². The van der Waals surface area contributed by atoms with E-state index in [1.54, 1.807) is 0 Å². The Hall–Kier alpha value is 0.170. The lowest BCUT2D eigenvalue weighted by molar-refractivity contribution is 0.530. The van der Waals surface area contributed by atoms with Gasteiger partial charge in [0, 0.05) is 28.3 Å². The molecule has 1 aliphatic rings. The highest BCUT2D eigenvalue weighted by Crippen LogP contribution is 2.37. The van der Waals surface area contributed by atoms with Crippen LogP contribution in [0.5, 0.6) is 0 Å². The molecular formula is C12H16ClNS2. The van der Waals surface area contributed by atoms with E-state index in [1.807, 2.05) is 29.6 Å². The van der Waals surface area contributed by atoms with Gasteiger partial charge in [0.2, 0.25) is 0 Å². The highest BCUT2D eigenvalue weighted by Gasteiger charge is 2.20. The fourth-order valence-corrected chi connectivity index (χ4v) is 3.52. The third-order valence-electron chi connectivity index (χ3n) is 2.71. The molecule has 1 unspecified atom stereocenters. The maximum Gasteiger partial charge on any atom is 0.0410 e. The first kappa shape index (κ1) is 12.6. The maximum atomic E-state index is 6.06. The SMILES string of the molecule is CSCCNC1CCSc2ccc(Cl)cc21. The fourth-order valence-electron chi connectivity index (χ4n) is 1.91. The number of hydrogen-bond acceptors (Lipinski definition) is 3. The van der Waals surface area contributed by atoms with Gasteiger partial charge in [-0.25, -0.2) is 0 Å². The van der Waals surface area contributed by atoms with E-state index in [1.165, 1.54) is 28.4 Å². The topological polar surface area (TPSA) is 12.0 Å². The Bertz CT molecular complexity index is 357. The summed E-state index contributed by atoms with van der Waals surface area (Å²) in [6.07, 6.45) is 3.34. The molecule has 1 aromatic carbocycles. The van der Waals surface area contributed by atoms with Crippen LogP contribution < -0.4 is 5.32 Å². The molecule has 0 radical (unpaired) electrons. The van der Waals surface area contributed by atoms with E-state index in [2.05, 4.69) is 23.7 Å². The molecular weight excluding hydrogens is 258 g/mol. The van der Waals surface area contributed by atoms with Crippen molar-refractivity contribution in [1.29, 1.82) is 0 Å². The van der Waals surface area contributed by atoms with E-state index in [4.69, 9.17) is 11.6 Å². The van der Waals surface area contributed by atoms with Crippen LogP contribution in [0, 0.1) is 0 Å². The molecule has 1 N–H and O–H groups in total. The summed E-state index contributed by atoms with van der Waals surface area (Å²) in [6.45, 7) is 1.07. The summed E-state index contributed by atoms with van der Waals surface area (Å²) in [7, 11) is 0. The summed E-state index contributed by atoms with van der Waals surface area (Å²) in [5.74, 6) is 2.37. The van der Waals surface area contributed by atoms with E-state index < -0.39 is 0 Å². The zero-order chi connectivity index (χ0) is 11.4. The van der Waals surface area contributed by atoms with Gasteiger partial charge in [-0.05, 0) is 42.2 Å². The van der Waals surface area contributed by atoms with E-state index in [0.717, 1.165) is 11.6 Å². The summed E-state index contributed by atoms with van der Waals surface area (Å²) < 4.78 is 0. The molecule has 2 rings (SSSR count). The lowest BCUT2D eigenvalue weighted by Gasteiger charge is -2.26. The first-order valence-corrected chi connectivity index (χ1v) is 8.21. The summed E-state index contributed by atoms with van der Waals surface area (Å²) in [5, 5.41) is 4.46. The Kier molecular flexibility index (Phi) is 4.89. The van der Waals surface area contributed by atoms with Crippen molar-refractivity contribution in [2.45, 2.75) is 17.4 Å². The van der Waals surface area contributed by atoms with Crippen molar-refractivity contribution in [3.8, 4) is 0 Å². The fraction of sp³-hybridized carbons (Fsp3) is 0.500. The highest BCUT2D eigenvalue weighted by atomic mass is 35.5. The second-order valence-electron chi connectivity index (χ2n) is 3.82. The first-order valence-electron chi connectivity index (χ1n) is 5.46. The number of hydrogen-bond donors (Lipinski definition) is 1. The summed E-state index contributed by atoms with van der Waals surface area (Å²) >= 11 is 9.88. The smallest absolute Gasteiger partial charge is 0.0410 e. The van der Waals surface area contributed by atoms with Gasteiger partial charge in [0.05, 0.1) is 0 Å². The number of benzene rings is 1. The average Bonchev–Trinajstić information content (AvgIpc) is 2.30. The van der Waals surface area contributed by atoms with Gasteiger partial charge in [0.25, 0.3) is 0 Å². The van der Waals surface area contributed by atoms with Gasteiger partial charge in [-0.2, -0.15) is 11.8 Å². The van der Waals surface area contributed by atoms with E-state index in [0.29, 0.717) is 6.04 Å². The average molecular weight is 274 g/mol. The second kappa shape index (κ2) is 6.20. The lowest BCUT2D eigenvalue weighted by atomic mass is 10.0. The zero-order valence-electron chi connectivity index (χ0n) is 9.33. The van der Waals surface area contributed by atoms with E-state index in [-0.39, 0.29) is 0 Å². The molecule has 0 aromatic heterocycles. The van der Waals surface area contributed by atoms with Crippen molar-refractivity contribution in [3.05, 3.63) is 28.8 Å². The molecule has 0 fully saturated rings. The predicted octanol–water partition coefficient (Wildman–Crippen LogP) is 3.83. The normalized spacial score (nSPS) is 19.5. The Morgan fingerprint density at radius 2 is 2.44 bits per heavy atom. The van der Waals surface area contributed by atoms with Crippen LogP contribution in [0.3, 0.4) is 0 Å². The minimum atomic E-state index is 0.488. The molecule has 0 amide bonds. The summed E-state index contributed by atoms with van der Waals surface area (Å²) in [5.41, 5.74) is 1.38. The zero-order valence-corrected chi connectivity index (χ0v) is 11.7. The molecule has 0 aliphatic carbocycles. The molecule has 88 valence electrons. The quantitative estimate of drug-likeness (QED) is 0.838. The molecule has 0 saturated carbocycles. The summed E-state index contributed by atoms with van der Waals surface area (Å²) in [4.78, 5) is 1.39. The highest BCUT2D eigenvalue weighted by molar-refractivity contribution is 7.99. The number of thioether (sulfide) groups is 2. The van der Waals surface area contributed by atoms with Crippen LogP contribution in [0.2, 0.25) is 5.02 Å². The number of nitrogens with one attached hydrogen (secondary N) is 1. The molecule has 1 heterocycles. The van der Waals surface area contributed by atoms with Crippen LogP contribution in [-0.2, 0) is 0 Å². The minimum Gasteiger partial charge on any atom is -0.309 e. The Balaban J connectivity index is 2.09. The molecule has 0 bridgehead atoms. The third kappa shape index (κ3) is 3.10. The molecule has 4 heteroatoms.